The Kier molecular flexibility index (Phi) is 4.66. The third-order valence-corrected chi connectivity index (χ3v) is 3.16. The van der Waals surface area contributed by atoms with Gasteiger partial charge in [0.05, 0.1) is 12.0 Å². The van der Waals surface area contributed by atoms with Gasteiger partial charge in [0.1, 0.15) is 0 Å². The van der Waals surface area contributed by atoms with E-state index in [-0.39, 0.29) is 30.5 Å². The molecule has 0 radical (unpaired) electrons. The maximum Gasteiger partial charge on any atom is 0.286 e. The van der Waals surface area contributed by atoms with E-state index >= 15 is 0 Å². The van der Waals surface area contributed by atoms with Crippen molar-refractivity contribution in [3.8, 4) is 5.82 Å². The van der Waals surface area contributed by atoms with Gasteiger partial charge in [0.25, 0.3) is 5.91 Å². The van der Waals surface area contributed by atoms with Crippen LogP contribution in [0.5, 0.6) is 0 Å². The zero-order valence-electron chi connectivity index (χ0n) is 12.7. The van der Waals surface area contributed by atoms with Crippen LogP contribution in [0.25, 0.3) is 5.82 Å². The highest BCUT2D eigenvalue weighted by Crippen LogP contribution is 2.16. The fourth-order valence-electron chi connectivity index (χ4n) is 2.07. The quantitative estimate of drug-likeness (QED) is 0.717. The van der Waals surface area contributed by atoms with E-state index in [0.29, 0.717) is 11.5 Å². The Hall–Kier alpha value is -3.42. The molecule has 0 spiro atoms. The fourth-order valence-corrected chi connectivity index (χ4v) is 2.07. The zero-order chi connectivity index (χ0) is 16.8. The van der Waals surface area contributed by atoms with E-state index in [9.17, 15) is 9.59 Å². The van der Waals surface area contributed by atoms with Crippen molar-refractivity contribution in [2.75, 3.05) is 11.9 Å². The van der Waals surface area contributed by atoms with Gasteiger partial charge in [-0.3, -0.25) is 9.59 Å². The van der Waals surface area contributed by atoms with E-state index in [0.717, 1.165) is 0 Å². The van der Waals surface area contributed by atoms with Gasteiger partial charge in [0.2, 0.25) is 5.91 Å². The van der Waals surface area contributed by atoms with E-state index in [1.807, 2.05) is 0 Å². The number of nitrogens with one attached hydrogen (secondary N) is 2. The molecule has 3 aromatic rings. The van der Waals surface area contributed by atoms with Crippen LogP contribution in [0.3, 0.4) is 0 Å². The summed E-state index contributed by atoms with van der Waals surface area (Å²) in [5.41, 5.74) is 0.545. The molecule has 8 nitrogen and oxygen atoms in total. The lowest BCUT2D eigenvalue weighted by Crippen LogP contribution is -2.27. The van der Waals surface area contributed by atoms with Crippen molar-refractivity contribution in [1.82, 2.24) is 20.1 Å². The summed E-state index contributed by atoms with van der Waals surface area (Å²) in [4.78, 5) is 28.0. The highest BCUT2D eigenvalue weighted by molar-refractivity contribution is 5.94. The third-order valence-electron chi connectivity index (χ3n) is 3.16. The normalized spacial score (nSPS) is 10.3. The number of pyridine rings is 1. The first-order valence-corrected chi connectivity index (χ1v) is 7.30. The van der Waals surface area contributed by atoms with Crippen LogP contribution in [0.2, 0.25) is 0 Å². The number of aromatic nitrogens is 3. The first kappa shape index (κ1) is 15.5. The SMILES string of the molecule is O=C(CCNC(=O)c1ccco1)Nc1cccnc1-n1cccn1. The Morgan fingerprint density at radius 2 is 2.08 bits per heavy atom. The summed E-state index contributed by atoms with van der Waals surface area (Å²) in [5.74, 6) is 0.140. The minimum Gasteiger partial charge on any atom is -0.459 e. The van der Waals surface area contributed by atoms with Crippen molar-refractivity contribution < 1.29 is 14.0 Å². The number of rotatable bonds is 6. The Labute approximate surface area is 137 Å². The lowest BCUT2D eigenvalue weighted by Gasteiger charge is -2.10. The molecule has 2 N–H and O–H groups in total. The maximum absolute atomic E-state index is 12.1. The molecule has 0 saturated carbocycles. The van der Waals surface area contributed by atoms with Gasteiger partial charge in [-0.1, -0.05) is 0 Å². The second-order valence-electron chi connectivity index (χ2n) is 4.86. The van der Waals surface area contributed by atoms with Gasteiger partial charge in [-0.25, -0.2) is 9.67 Å². The number of carbonyl (C=O) groups is 2. The third kappa shape index (κ3) is 3.67. The summed E-state index contributed by atoms with van der Waals surface area (Å²) in [5, 5.41) is 9.49. The van der Waals surface area contributed by atoms with E-state index < -0.39 is 0 Å². The summed E-state index contributed by atoms with van der Waals surface area (Å²) in [6.45, 7) is 0.197. The van der Waals surface area contributed by atoms with Gasteiger partial charge in [0, 0.05) is 31.6 Å². The lowest BCUT2D eigenvalue weighted by atomic mass is 10.3. The molecule has 0 fully saturated rings. The topological polar surface area (TPSA) is 102 Å². The van der Waals surface area contributed by atoms with Crippen LogP contribution in [0.4, 0.5) is 5.69 Å². The maximum atomic E-state index is 12.1. The molecule has 3 aromatic heterocycles. The first-order chi connectivity index (χ1) is 11.7. The van der Waals surface area contributed by atoms with Crippen LogP contribution in [0.1, 0.15) is 17.0 Å². The van der Waals surface area contributed by atoms with E-state index in [4.69, 9.17) is 4.42 Å². The number of carbonyl (C=O) groups excluding carboxylic acids is 2. The van der Waals surface area contributed by atoms with E-state index in [1.54, 1.807) is 53.6 Å². The van der Waals surface area contributed by atoms with Gasteiger partial charge >= 0.3 is 0 Å². The molecule has 0 aliphatic carbocycles. The Morgan fingerprint density at radius 3 is 2.83 bits per heavy atom. The molecule has 3 rings (SSSR count). The van der Waals surface area contributed by atoms with Gasteiger partial charge in [-0.2, -0.15) is 5.10 Å². The van der Waals surface area contributed by atoms with Crippen molar-refractivity contribution in [1.29, 1.82) is 0 Å². The minimum absolute atomic E-state index is 0.125. The predicted octanol–water partition coefficient (Wildman–Crippen LogP) is 1.62. The van der Waals surface area contributed by atoms with Crippen LogP contribution in [0, 0.1) is 0 Å². The molecule has 2 amide bonds. The first-order valence-electron chi connectivity index (χ1n) is 7.30. The van der Waals surface area contributed by atoms with Crippen LogP contribution in [-0.2, 0) is 4.79 Å². The molecule has 0 aliphatic heterocycles. The molecule has 0 aromatic carbocycles. The minimum atomic E-state index is -0.355. The number of amides is 2. The molecule has 0 aliphatic rings. The van der Waals surface area contributed by atoms with E-state index in [1.165, 1.54) is 6.26 Å². The van der Waals surface area contributed by atoms with Crippen LogP contribution < -0.4 is 10.6 Å². The van der Waals surface area contributed by atoms with Crippen molar-refractivity contribution >= 4 is 17.5 Å². The average molecular weight is 325 g/mol. The number of hydrogen-bond acceptors (Lipinski definition) is 5. The number of anilines is 1. The monoisotopic (exact) mass is 325 g/mol. The molecule has 0 unspecified atom stereocenters. The predicted molar refractivity (Wildman–Crippen MR) is 85.6 cm³/mol. The number of nitrogens with zero attached hydrogens (tertiary/aromatic N) is 3. The summed E-state index contributed by atoms with van der Waals surface area (Å²) in [7, 11) is 0. The summed E-state index contributed by atoms with van der Waals surface area (Å²) >= 11 is 0. The highest BCUT2D eigenvalue weighted by Gasteiger charge is 2.11. The second-order valence-corrected chi connectivity index (χ2v) is 4.86. The van der Waals surface area contributed by atoms with Gasteiger partial charge < -0.3 is 15.1 Å². The molecule has 8 heteroatoms. The van der Waals surface area contributed by atoms with Crippen molar-refractivity contribution in [3.63, 3.8) is 0 Å². The molecule has 0 bridgehead atoms. The second kappa shape index (κ2) is 7.23. The molecular formula is C16H15N5O3. The summed E-state index contributed by atoms with van der Waals surface area (Å²) in [6, 6.07) is 8.41. The van der Waals surface area contributed by atoms with Crippen LogP contribution in [-0.4, -0.2) is 33.1 Å². The molecule has 0 atom stereocenters. The van der Waals surface area contributed by atoms with Gasteiger partial charge in [0.15, 0.2) is 11.6 Å². The molecular weight excluding hydrogens is 310 g/mol. The lowest BCUT2D eigenvalue weighted by molar-refractivity contribution is -0.116. The average Bonchev–Trinajstić information content (AvgIpc) is 3.29. The molecule has 24 heavy (non-hydrogen) atoms. The number of furan rings is 1. The van der Waals surface area contributed by atoms with Gasteiger partial charge in [-0.05, 0) is 30.3 Å². The molecule has 0 saturated heterocycles. The van der Waals surface area contributed by atoms with Crippen molar-refractivity contribution in [2.45, 2.75) is 6.42 Å². The number of hydrogen-bond donors (Lipinski definition) is 2. The van der Waals surface area contributed by atoms with Crippen molar-refractivity contribution in [3.05, 3.63) is 60.9 Å². The fraction of sp³-hybridized carbons (Fsp3) is 0.125. The van der Waals surface area contributed by atoms with Crippen molar-refractivity contribution in [2.24, 2.45) is 0 Å². The zero-order valence-corrected chi connectivity index (χ0v) is 12.7. The smallest absolute Gasteiger partial charge is 0.286 e. The van der Waals surface area contributed by atoms with Gasteiger partial charge in [-0.15, -0.1) is 0 Å². The van der Waals surface area contributed by atoms with Crippen LogP contribution in [0.15, 0.2) is 59.6 Å². The molecule has 3 heterocycles. The largest absolute Gasteiger partial charge is 0.459 e. The molecule has 122 valence electrons. The Balaban J connectivity index is 1.55. The summed E-state index contributed by atoms with van der Waals surface area (Å²) < 4.78 is 6.54. The summed E-state index contributed by atoms with van der Waals surface area (Å²) in [6.07, 6.45) is 6.53. The van der Waals surface area contributed by atoms with E-state index in [2.05, 4.69) is 20.7 Å². The Morgan fingerprint density at radius 1 is 1.17 bits per heavy atom. The van der Waals surface area contributed by atoms with Crippen LogP contribution >= 0.6 is 0 Å². The Bertz CT molecular complexity index is 812. The standard InChI is InChI=1S/C16H15N5O3/c22-14(6-9-18-16(23)13-5-2-11-24-13)20-12-4-1-7-17-15(12)21-10-3-8-19-21/h1-5,7-8,10-11H,6,9H2,(H,18,23)(H,20,22). The highest BCUT2D eigenvalue weighted by atomic mass is 16.3.